The maximum atomic E-state index is 12.0. The van der Waals surface area contributed by atoms with Gasteiger partial charge in [0.25, 0.3) is 0 Å². The number of hydrogen-bond donors (Lipinski definition) is 2. The highest BCUT2D eigenvalue weighted by atomic mass is 16.4. The summed E-state index contributed by atoms with van der Waals surface area (Å²) in [7, 11) is 1.61. The number of amides is 2. The van der Waals surface area contributed by atoms with Crippen molar-refractivity contribution in [3.8, 4) is 0 Å². The number of hydrogen-bond acceptors (Lipinski definition) is 2. The van der Waals surface area contributed by atoms with E-state index in [9.17, 15) is 9.59 Å². The van der Waals surface area contributed by atoms with Crippen molar-refractivity contribution in [1.82, 2.24) is 5.32 Å². The molecular weight excluding hydrogens is 244 g/mol. The minimum Gasteiger partial charge on any atom is -0.480 e. The molecule has 0 saturated carbocycles. The van der Waals surface area contributed by atoms with Gasteiger partial charge < -0.3 is 10.4 Å². The lowest BCUT2D eigenvalue weighted by molar-refractivity contribution is -0.140. The Hall–Kier alpha value is -2.04. The van der Waals surface area contributed by atoms with E-state index in [4.69, 9.17) is 5.11 Å². The third kappa shape index (κ3) is 3.98. The zero-order chi connectivity index (χ0) is 14.6. The average Bonchev–Trinajstić information content (AvgIpc) is 2.34. The molecule has 5 nitrogen and oxygen atoms in total. The highest BCUT2D eigenvalue weighted by molar-refractivity contribution is 5.94. The first-order chi connectivity index (χ1) is 8.82. The lowest BCUT2D eigenvalue weighted by Crippen LogP contribution is -2.49. The Kier molecular flexibility index (Phi) is 4.92. The van der Waals surface area contributed by atoms with Gasteiger partial charge in [0.2, 0.25) is 0 Å². The van der Waals surface area contributed by atoms with Gasteiger partial charge in [0, 0.05) is 12.7 Å². The molecule has 104 valence electrons. The van der Waals surface area contributed by atoms with Crippen LogP contribution in [0.3, 0.4) is 0 Å². The van der Waals surface area contributed by atoms with Crippen LogP contribution in [0, 0.1) is 12.8 Å². The zero-order valence-corrected chi connectivity index (χ0v) is 11.7. The Morgan fingerprint density at radius 1 is 1.21 bits per heavy atom. The Morgan fingerprint density at radius 2 is 1.74 bits per heavy atom. The quantitative estimate of drug-likeness (QED) is 0.876. The summed E-state index contributed by atoms with van der Waals surface area (Å²) in [5.41, 5.74) is 1.82. The van der Waals surface area contributed by atoms with Crippen LogP contribution in [0.4, 0.5) is 10.5 Å². The van der Waals surface area contributed by atoms with Crippen molar-refractivity contribution in [2.45, 2.75) is 26.8 Å². The van der Waals surface area contributed by atoms with Crippen LogP contribution in [0.5, 0.6) is 0 Å². The summed E-state index contributed by atoms with van der Waals surface area (Å²) in [4.78, 5) is 24.4. The second-order valence-corrected chi connectivity index (χ2v) is 4.90. The molecular formula is C14H20N2O3. The summed E-state index contributed by atoms with van der Waals surface area (Å²) < 4.78 is 0. The fourth-order valence-electron chi connectivity index (χ4n) is 1.63. The lowest BCUT2D eigenvalue weighted by atomic mass is 10.1. The van der Waals surface area contributed by atoms with Crippen LogP contribution < -0.4 is 10.2 Å². The molecule has 0 bridgehead atoms. The number of carbonyl (C=O) groups is 2. The van der Waals surface area contributed by atoms with Crippen LogP contribution in [-0.2, 0) is 4.79 Å². The van der Waals surface area contributed by atoms with Crippen molar-refractivity contribution in [2.24, 2.45) is 5.92 Å². The molecule has 0 aliphatic carbocycles. The Labute approximate surface area is 113 Å². The number of aryl methyl sites for hydroxylation is 1. The fourth-order valence-corrected chi connectivity index (χ4v) is 1.63. The number of carboxylic acids is 1. The molecule has 1 aromatic carbocycles. The van der Waals surface area contributed by atoms with Crippen molar-refractivity contribution in [3.05, 3.63) is 29.8 Å². The van der Waals surface area contributed by atoms with E-state index in [-0.39, 0.29) is 5.92 Å². The standard InChI is InChI=1S/C14H20N2O3/c1-9(2)12(13(17)18)15-14(19)16(4)11-7-5-10(3)6-8-11/h5-9,12H,1-4H3,(H,15,19)(H,17,18)/t12-/m1/s1. The molecule has 0 aromatic heterocycles. The van der Waals surface area contributed by atoms with Crippen LogP contribution >= 0.6 is 0 Å². The van der Waals surface area contributed by atoms with Gasteiger partial charge in [-0.2, -0.15) is 0 Å². The van der Waals surface area contributed by atoms with Crippen molar-refractivity contribution < 1.29 is 14.7 Å². The largest absolute Gasteiger partial charge is 0.480 e. The predicted molar refractivity (Wildman–Crippen MR) is 74.4 cm³/mol. The van der Waals surface area contributed by atoms with Crippen molar-refractivity contribution >= 4 is 17.7 Å². The molecule has 0 unspecified atom stereocenters. The monoisotopic (exact) mass is 264 g/mol. The third-order valence-corrected chi connectivity index (χ3v) is 2.94. The van der Waals surface area contributed by atoms with Gasteiger partial charge in [-0.05, 0) is 25.0 Å². The van der Waals surface area contributed by atoms with E-state index >= 15 is 0 Å². The molecule has 0 radical (unpaired) electrons. The van der Waals surface area contributed by atoms with Crippen LogP contribution in [0.25, 0.3) is 0 Å². The molecule has 2 amide bonds. The number of nitrogens with one attached hydrogen (secondary N) is 1. The summed E-state index contributed by atoms with van der Waals surface area (Å²) in [5, 5.41) is 11.6. The first kappa shape index (κ1) is 15.0. The molecule has 1 aromatic rings. The minimum atomic E-state index is -1.03. The maximum absolute atomic E-state index is 12.0. The van der Waals surface area contributed by atoms with Crippen LogP contribution in [-0.4, -0.2) is 30.2 Å². The van der Waals surface area contributed by atoms with Crippen LogP contribution in [0.15, 0.2) is 24.3 Å². The van der Waals surface area contributed by atoms with Crippen molar-refractivity contribution in [3.63, 3.8) is 0 Å². The zero-order valence-electron chi connectivity index (χ0n) is 11.7. The van der Waals surface area contributed by atoms with Gasteiger partial charge in [-0.25, -0.2) is 9.59 Å². The Balaban J connectivity index is 2.77. The highest BCUT2D eigenvalue weighted by Crippen LogP contribution is 2.14. The molecule has 0 aliphatic heterocycles. The third-order valence-electron chi connectivity index (χ3n) is 2.94. The second-order valence-electron chi connectivity index (χ2n) is 4.90. The number of carbonyl (C=O) groups excluding carboxylic acids is 1. The maximum Gasteiger partial charge on any atom is 0.326 e. The van der Waals surface area contributed by atoms with Gasteiger partial charge >= 0.3 is 12.0 Å². The van der Waals surface area contributed by atoms with Crippen molar-refractivity contribution in [1.29, 1.82) is 0 Å². The second kappa shape index (κ2) is 6.22. The number of aliphatic carboxylic acids is 1. The van der Waals surface area contributed by atoms with E-state index in [1.54, 1.807) is 20.9 Å². The van der Waals surface area contributed by atoms with E-state index in [2.05, 4.69) is 5.32 Å². The molecule has 5 heteroatoms. The average molecular weight is 264 g/mol. The molecule has 1 atom stereocenters. The molecule has 0 aliphatic rings. The van der Waals surface area contributed by atoms with Crippen LogP contribution in [0.1, 0.15) is 19.4 Å². The van der Waals surface area contributed by atoms with Gasteiger partial charge in [0.1, 0.15) is 6.04 Å². The number of urea groups is 1. The molecule has 19 heavy (non-hydrogen) atoms. The van der Waals surface area contributed by atoms with E-state index in [0.717, 1.165) is 11.3 Å². The Bertz CT molecular complexity index is 454. The molecule has 2 N–H and O–H groups in total. The Morgan fingerprint density at radius 3 is 2.16 bits per heavy atom. The molecule has 1 rings (SSSR count). The highest BCUT2D eigenvalue weighted by Gasteiger charge is 2.25. The molecule has 0 heterocycles. The summed E-state index contributed by atoms with van der Waals surface area (Å²) in [6.45, 7) is 5.47. The van der Waals surface area contributed by atoms with Gasteiger partial charge in [-0.3, -0.25) is 4.90 Å². The van der Waals surface area contributed by atoms with E-state index in [0.29, 0.717) is 0 Å². The number of rotatable bonds is 4. The molecule has 0 saturated heterocycles. The predicted octanol–water partition coefficient (Wildman–Crippen LogP) is 2.25. The van der Waals surface area contributed by atoms with Crippen LogP contribution in [0.2, 0.25) is 0 Å². The topological polar surface area (TPSA) is 69.6 Å². The summed E-state index contributed by atoms with van der Waals surface area (Å²) in [5.74, 6) is -1.20. The number of nitrogens with zero attached hydrogens (tertiary/aromatic N) is 1. The molecule has 0 fully saturated rings. The van der Waals surface area contributed by atoms with Gasteiger partial charge in [-0.1, -0.05) is 31.5 Å². The summed E-state index contributed by atoms with van der Waals surface area (Å²) in [6, 6.07) is 6.12. The first-order valence-electron chi connectivity index (χ1n) is 6.16. The first-order valence-corrected chi connectivity index (χ1v) is 6.16. The number of anilines is 1. The van der Waals surface area contributed by atoms with Crippen molar-refractivity contribution in [2.75, 3.05) is 11.9 Å². The van der Waals surface area contributed by atoms with E-state index in [1.807, 2.05) is 31.2 Å². The minimum absolute atomic E-state index is 0.173. The van der Waals surface area contributed by atoms with E-state index in [1.165, 1.54) is 4.90 Å². The van der Waals surface area contributed by atoms with E-state index < -0.39 is 18.0 Å². The number of carboxylic acid groups (broad SMARTS) is 1. The van der Waals surface area contributed by atoms with Gasteiger partial charge in [0.05, 0.1) is 0 Å². The van der Waals surface area contributed by atoms with Gasteiger partial charge in [-0.15, -0.1) is 0 Å². The normalized spacial score (nSPS) is 12.1. The summed E-state index contributed by atoms with van der Waals surface area (Å²) in [6.07, 6.45) is 0. The smallest absolute Gasteiger partial charge is 0.326 e. The fraction of sp³-hybridized carbons (Fsp3) is 0.429. The lowest BCUT2D eigenvalue weighted by Gasteiger charge is -2.23. The molecule has 0 spiro atoms. The van der Waals surface area contributed by atoms with Gasteiger partial charge in [0.15, 0.2) is 0 Å². The SMILES string of the molecule is Cc1ccc(N(C)C(=O)N[C@@H](C(=O)O)C(C)C)cc1. The summed E-state index contributed by atoms with van der Waals surface area (Å²) >= 11 is 0. The number of benzene rings is 1.